The number of aromatic nitrogens is 2. The fourth-order valence-electron chi connectivity index (χ4n) is 1.46. The lowest BCUT2D eigenvalue weighted by Crippen LogP contribution is -2.09. The Kier molecular flexibility index (Phi) is 4.07. The second-order valence-corrected chi connectivity index (χ2v) is 4.16. The topological polar surface area (TPSA) is 64.9 Å². The van der Waals surface area contributed by atoms with Gasteiger partial charge in [-0.25, -0.2) is 0 Å². The van der Waals surface area contributed by atoms with Crippen molar-refractivity contribution in [3.8, 4) is 0 Å². The van der Waals surface area contributed by atoms with Crippen molar-refractivity contribution >= 4 is 17.8 Å². The average molecular weight is 283 g/mol. The summed E-state index contributed by atoms with van der Waals surface area (Å²) in [5.41, 5.74) is 7.07. The number of nitrogens with zero attached hydrogens (tertiary/aromatic N) is 2. The van der Waals surface area contributed by atoms with Crippen molar-refractivity contribution in [2.75, 3.05) is 5.73 Å². The first-order valence-electron chi connectivity index (χ1n) is 5.85. The third-order valence-corrected chi connectivity index (χ3v) is 2.47. The lowest BCUT2D eigenvalue weighted by Gasteiger charge is -2.01. The fourth-order valence-corrected chi connectivity index (χ4v) is 1.46. The van der Waals surface area contributed by atoms with E-state index in [1.807, 2.05) is 0 Å². The maximum atomic E-state index is 12.0. The monoisotopic (exact) mass is 283 g/mol. The minimum absolute atomic E-state index is 0.0410. The fraction of sp³-hybridized carbons (Fsp3) is 0.231. The molecule has 0 bridgehead atoms. The summed E-state index contributed by atoms with van der Waals surface area (Å²) in [5, 5.41) is 3.49. The van der Waals surface area contributed by atoms with E-state index in [1.165, 1.54) is 6.08 Å². The molecule has 0 aliphatic heterocycles. The zero-order valence-electron chi connectivity index (χ0n) is 10.4. The van der Waals surface area contributed by atoms with Crippen LogP contribution in [0.25, 0.3) is 12.2 Å². The molecule has 106 valence electrons. The Morgan fingerprint density at radius 2 is 1.85 bits per heavy atom. The molecule has 0 amide bonds. The molecule has 0 aliphatic carbocycles. The van der Waals surface area contributed by atoms with Gasteiger partial charge in [0.2, 0.25) is 0 Å². The molecule has 1 aromatic heterocycles. The first-order valence-corrected chi connectivity index (χ1v) is 5.85. The molecule has 2 N–H and O–H groups in total. The van der Waals surface area contributed by atoms with Crippen LogP contribution < -0.4 is 5.73 Å². The van der Waals surface area contributed by atoms with E-state index in [0.29, 0.717) is 5.69 Å². The third-order valence-electron chi connectivity index (χ3n) is 2.47. The van der Waals surface area contributed by atoms with Crippen molar-refractivity contribution < 1.29 is 17.7 Å². The van der Waals surface area contributed by atoms with Gasteiger partial charge in [0, 0.05) is 18.2 Å². The van der Waals surface area contributed by atoms with Crippen LogP contribution in [0.4, 0.5) is 18.9 Å². The Bertz CT molecular complexity index is 588. The number of rotatable bonds is 4. The van der Waals surface area contributed by atoms with Crippen molar-refractivity contribution in [2.45, 2.75) is 19.0 Å². The van der Waals surface area contributed by atoms with Crippen molar-refractivity contribution in [1.82, 2.24) is 10.1 Å². The van der Waals surface area contributed by atoms with E-state index in [-0.39, 0.29) is 18.1 Å². The van der Waals surface area contributed by atoms with Gasteiger partial charge in [-0.15, -0.1) is 0 Å². The van der Waals surface area contributed by atoms with Gasteiger partial charge in [-0.3, -0.25) is 0 Å². The molecule has 2 rings (SSSR count). The van der Waals surface area contributed by atoms with Crippen molar-refractivity contribution in [3.63, 3.8) is 0 Å². The van der Waals surface area contributed by atoms with Gasteiger partial charge < -0.3 is 10.3 Å². The minimum atomic E-state index is -4.22. The Morgan fingerprint density at radius 1 is 1.15 bits per heavy atom. The average Bonchev–Trinajstić information content (AvgIpc) is 2.83. The van der Waals surface area contributed by atoms with E-state index in [9.17, 15) is 13.2 Å². The standard InChI is InChI=1S/C13H12F3N3O/c14-13(15,16)8-7-11-18-12(20-19-11)6-3-9-1-4-10(17)5-2-9/h1-6H,7-8,17H2/b6-3+. The van der Waals surface area contributed by atoms with Gasteiger partial charge in [-0.1, -0.05) is 17.3 Å². The molecule has 0 saturated heterocycles. The van der Waals surface area contributed by atoms with Gasteiger partial charge in [0.25, 0.3) is 5.89 Å². The summed E-state index contributed by atoms with van der Waals surface area (Å²) >= 11 is 0. The second kappa shape index (κ2) is 5.77. The molecule has 2 aromatic rings. The molecule has 0 spiro atoms. The number of alkyl halides is 3. The second-order valence-electron chi connectivity index (χ2n) is 4.16. The number of halogens is 3. The summed E-state index contributed by atoms with van der Waals surface area (Å²) in [5.74, 6) is 0.207. The highest BCUT2D eigenvalue weighted by Gasteiger charge is 2.27. The Morgan fingerprint density at radius 3 is 2.50 bits per heavy atom. The van der Waals surface area contributed by atoms with Gasteiger partial charge in [0.05, 0.1) is 6.42 Å². The summed E-state index contributed by atoms with van der Waals surface area (Å²) in [4.78, 5) is 3.86. The van der Waals surface area contributed by atoms with E-state index < -0.39 is 12.6 Å². The van der Waals surface area contributed by atoms with Crippen LogP contribution >= 0.6 is 0 Å². The van der Waals surface area contributed by atoms with E-state index in [1.54, 1.807) is 30.3 Å². The quantitative estimate of drug-likeness (QED) is 0.874. The van der Waals surface area contributed by atoms with E-state index in [2.05, 4.69) is 10.1 Å². The molecule has 4 nitrogen and oxygen atoms in total. The van der Waals surface area contributed by atoms with Crippen molar-refractivity contribution in [3.05, 3.63) is 41.5 Å². The minimum Gasteiger partial charge on any atom is -0.399 e. The number of hydrogen-bond donors (Lipinski definition) is 1. The van der Waals surface area contributed by atoms with Crippen LogP contribution in [0, 0.1) is 0 Å². The highest BCUT2D eigenvalue weighted by molar-refractivity contribution is 5.66. The predicted octanol–water partition coefficient (Wildman–Crippen LogP) is 3.32. The molecule has 0 fully saturated rings. The van der Waals surface area contributed by atoms with E-state index in [0.717, 1.165) is 5.56 Å². The number of anilines is 1. The number of nitrogen functional groups attached to an aromatic ring is 1. The van der Waals surface area contributed by atoms with E-state index in [4.69, 9.17) is 10.3 Å². The number of nitrogens with two attached hydrogens (primary N) is 1. The van der Waals surface area contributed by atoms with Crippen LogP contribution in [0.2, 0.25) is 0 Å². The largest absolute Gasteiger partial charge is 0.399 e. The molecule has 7 heteroatoms. The first kappa shape index (κ1) is 14.1. The van der Waals surface area contributed by atoms with Crippen LogP contribution in [0.5, 0.6) is 0 Å². The molecule has 0 aliphatic rings. The zero-order chi connectivity index (χ0) is 14.6. The normalized spacial score (nSPS) is 12.2. The summed E-state index contributed by atoms with van der Waals surface area (Å²) in [7, 11) is 0. The van der Waals surface area contributed by atoms with Crippen LogP contribution in [0.15, 0.2) is 28.8 Å². The van der Waals surface area contributed by atoms with E-state index >= 15 is 0 Å². The van der Waals surface area contributed by atoms with Gasteiger partial charge in [-0.05, 0) is 23.8 Å². The SMILES string of the molecule is Nc1ccc(/C=C/c2nc(CCC(F)(F)F)no2)cc1. The highest BCUT2D eigenvalue weighted by Crippen LogP contribution is 2.21. The zero-order valence-corrected chi connectivity index (χ0v) is 10.4. The molecular formula is C13H12F3N3O. The van der Waals surface area contributed by atoms with Gasteiger partial charge in [-0.2, -0.15) is 18.2 Å². The van der Waals surface area contributed by atoms with Crippen LogP contribution in [-0.4, -0.2) is 16.3 Å². The van der Waals surface area contributed by atoms with Gasteiger partial charge in [0.1, 0.15) is 0 Å². The molecule has 1 aromatic carbocycles. The third kappa shape index (κ3) is 4.42. The van der Waals surface area contributed by atoms with Crippen LogP contribution in [0.3, 0.4) is 0 Å². The van der Waals surface area contributed by atoms with Crippen molar-refractivity contribution in [2.24, 2.45) is 0 Å². The van der Waals surface area contributed by atoms with Gasteiger partial charge in [0.15, 0.2) is 5.82 Å². The maximum Gasteiger partial charge on any atom is 0.389 e. The molecule has 0 atom stereocenters. The molecule has 1 heterocycles. The van der Waals surface area contributed by atoms with Crippen LogP contribution in [-0.2, 0) is 6.42 Å². The number of benzene rings is 1. The molecule has 0 saturated carbocycles. The summed E-state index contributed by atoms with van der Waals surface area (Å²) in [6, 6.07) is 7.07. The maximum absolute atomic E-state index is 12.0. The van der Waals surface area contributed by atoms with Crippen LogP contribution in [0.1, 0.15) is 23.7 Å². The highest BCUT2D eigenvalue weighted by atomic mass is 19.4. The number of aryl methyl sites for hydroxylation is 1. The Labute approximate surface area is 113 Å². The Balaban J connectivity index is 1.97. The summed E-state index contributed by atoms with van der Waals surface area (Å²) < 4.78 is 41.0. The van der Waals surface area contributed by atoms with Gasteiger partial charge >= 0.3 is 6.18 Å². The van der Waals surface area contributed by atoms with Crippen molar-refractivity contribution in [1.29, 1.82) is 0 Å². The summed E-state index contributed by atoms with van der Waals surface area (Å²) in [6.45, 7) is 0. The lowest BCUT2D eigenvalue weighted by molar-refractivity contribution is -0.134. The molecule has 0 unspecified atom stereocenters. The molecule has 20 heavy (non-hydrogen) atoms. The predicted molar refractivity (Wildman–Crippen MR) is 68.5 cm³/mol. The number of hydrogen-bond acceptors (Lipinski definition) is 4. The summed E-state index contributed by atoms with van der Waals surface area (Å²) in [6.07, 6.45) is -2.23. The molecular weight excluding hydrogens is 271 g/mol. The Hall–Kier alpha value is -2.31. The first-order chi connectivity index (χ1) is 9.42. The molecule has 0 radical (unpaired) electrons. The smallest absolute Gasteiger partial charge is 0.389 e. The lowest BCUT2D eigenvalue weighted by atomic mass is 10.2.